The van der Waals surface area contributed by atoms with Gasteiger partial charge in [0.15, 0.2) is 0 Å². The van der Waals surface area contributed by atoms with E-state index in [2.05, 4.69) is 0 Å². The summed E-state index contributed by atoms with van der Waals surface area (Å²) >= 11 is 25.6. The van der Waals surface area contributed by atoms with Crippen molar-refractivity contribution in [3.8, 4) is 33.4 Å². The Kier molecular flexibility index (Phi) is 6.31. The SMILES string of the molecule is OC1(c2ccc(-c3ccc(C4(O)c5cc(Cl)ccc5-c5ccc(Cl)cc54)cc3)cc2)c2cc(Cl)ccc2-c2ccc(Cl)cc21. The minimum atomic E-state index is -1.40. The summed E-state index contributed by atoms with van der Waals surface area (Å²) in [6.07, 6.45) is 0. The van der Waals surface area contributed by atoms with E-state index in [1.807, 2.05) is 121 Å². The molecule has 0 amide bonds. The zero-order valence-electron chi connectivity index (χ0n) is 23.0. The largest absolute Gasteiger partial charge is 0.376 e. The van der Waals surface area contributed by atoms with Gasteiger partial charge in [-0.1, -0.05) is 119 Å². The monoisotopic (exact) mass is 650 g/mol. The van der Waals surface area contributed by atoms with Crippen molar-refractivity contribution < 1.29 is 10.2 Å². The van der Waals surface area contributed by atoms with Crippen molar-refractivity contribution in [2.45, 2.75) is 11.2 Å². The fraction of sp³-hybridized carbons (Fsp3) is 0.0526. The van der Waals surface area contributed by atoms with Gasteiger partial charge in [-0.3, -0.25) is 0 Å². The van der Waals surface area contributed by atoms with E-state index >= 15 is 0 Å². The first-order chi connectivity index (χ1) is 21.2. The Morgan fingerprint density at radius 2 is 0.591 bits per heavy atom. The van der Waals surface area contributed by atoms with Crippen molar-refractivity contribution in [1.82, 2.24) is 0 Å². The summed E-state index contributed by atoms with van der Waals surface area (Å²) in [6.45, 7) is 0. The smallest absolute Gasteiger partial charge is 0.141 e. The molecule has 0 aromatic heterocycles. The summed E-state index contributed by atoms with van der Waals surface area (Å²) in [5, 5.41) is 26.8. The van der Waals surface area contributed by atoms with Crippen molar-refractivity contribution in [2.24, 2.45) is 0 Å². The average molecular weight is 652 g/mol. The fourth-order valence-electron chi connectivity index (χ4n) is 6.92. The van der Waals surface area contributed by atoms with Crippen LogP contribution < -0.4 is 0 Å². The van der Waals surface area contributed by atoms with Gasteiger partial charge < -0.3 is 10.2 Å². The maximum atomic E-state index is 12.3. The van der Waals surface area contributed by atoms with Gasteiger partial charge in [-0.2, -0.15) is 0 Å². The Balaban J connectivity index is 1.18. The van der Waals surface area contributed by atoms with E-state index in [0.29, 0.717) is 31.2 Å². The summed E-state index contributed by atoms with van der Waals surface area (Å²) in [5.41, 5.74) is 7.17. The molecule has 6 heteroatoms. The lowest BCUT2D eigenvalue weighted by atomic mass is 9.83. The molecule has 214 valence electrons. The van der Waals surface area contributed by atoms with Crippen LogP contribution in [0.2, 0.25) is 20.1 Å². The molecule has 0 unspecified atom stereocenters. The Hall–Kier alpha value is -3.60. The summed E-state index contributed by atoms with van der Waals surface area (Å²) < 4.78 is 0. The average Bonchev–Trinajstić information content (AvgIpc) is 3.42. The molecular formula is C38H22Cl4O2. The number of benzene rings is 6. The van der Waals surface area contributed by atoms with Crippen LogP contribution in [0.1, 0.15) is 33.4 Å². The predicted octanol–water partition coefficient (Wildman–Crippen LogP) is 10.5. The summed E-state index contributed by atoms with van der Waals surface area (Å²) in [6, 6.07) is 38.1. The summed E-state index contributed by atoms with van der Waals surface area (Å²) in [5.74, 6) is 0. The molecule has 0 heterocycles. The zero-order valence-corrected chi connectivity index (χ0v) is 26.0. The van der Waals surface area contributed by atoms with E-state index in [9.17, 15) is 10.2 Å². The first-order valence-corrected chi connectivity index (χ1v) is 15.6. The van der Waals surface area contributed by atoms with Crippen LogP contribution in [0.25, 0.3) is 33.4 Å². The second-order valence-corrected chi connectivity index (χ2v) is 13.1. The van der Waals surface area contributed by atoms with Crippen LogP contribution in [0.3, 0.4) is 0 Å². The number of rotatable bonds is 3. The lowest BCUT2D eigenvalue weighted by molar-refractivity contribution is 0.130. The lowest BCUT2D eigenvalue weighted by Gasteiger charge is -2.27. The molecule has 8 rings (SSSR count). The van der Waals surface area contributed by atoms with Crippen LogP contribution >= 0.6 is 46.4 Å². The molecule has 0 saturated heterocycles. The molecule has 0 aliphatic heterocycles. The van der Waals surface area contributed by atoms with Crippen LogP contribution in [-0.4, -0.2) is 10.2 Å². The Labute approximate surface area is 274 Å². The third kappa shape index (κ3) is 3.96. The number of hydrogen-bond acceptors (Lipinski definition) is 2. The molecule has 0 saturated carbocycles. The minimum absolute atomic E-state index is 0.552. The van der Waals surface area contributed by atoms with E-state index in [1.165, 1.54) is 0 Å². The molecule has 0 bridgehead atoms. The van der Waals surface area contributed by atoms with Crippen molar-refractivity contribution in [3.05, 3.63) is 175 Å². The zero-order chi connectivity index (χ0) is 30.4. The first-order valence-electron chi connectivity index (χ1n) is 14.0. The molecule has 2 N–H and O–H groups in total. The first kappa shape index (κ1) is 27.9. The third-order valence-electron chi connectivity index (χ3n) is 9.00. The maximum absolute atomic E-state index is 12.3. The summed E-state index contributed by atoms with van der Waals surface area (Å²) in [7, 11) is 0. The number of fused-ring (bicyclic) bond motifs is 6. The van der Waals surface area contributed by atoms with Gasteiger partial charge in [0.25, 0.3) is 0 Å². The van der Waals surface area contributed by atoms with Gasteiger partial charge in [0, 0.05) is 42.3 Å². The van der Waals surface area contributed by atoms with Crippen LogP contribution in [0.15, 0.2) is 121 Å². The van der Waals surface area contributed by atoms with Gasteiger partial charge in [-0.25, -0.2) is 0 Å². The van der Waals surface area contributed by atoms with Gasteiger partial charge in [-0.05, 0) is 93.0 Å². The lowest BCUT2D eigenvalue weighted by Crippen LogP contribution is -2.26. The van der Waals surface area contributed by atoms with E-state index in [-0.39, 0.29) is 0 Å². The molecule has 44 heavy (non-hydrogen) atoms. The van der Waals surface area contributed by atoms with Crippen LogP contribution in [0, 0.1) is 0 Å². The standard InChI is InChI=1S/C38H22Cl4O2/c39-25-9-13-29-30-14-10-26(40)18-34(30)37(43,33(29)17-25)23-5-1-21(2-6-23)22-3-7-24(8-4-22)38(44)35-19-27(41)11-15-31(35)32-16-12-28(42)20-36(32)38/h1-20,43-44H. The topological polar surface area (TPSA) is 40.5 Å². The van der Waals surface area contributed by atoms with Crippen LogP contribution in [0.4, 0.5) is 0 Å². The van der Waals surface area contributed by atoms with Gasteiger partial charge in [-0.15, -0.1) is 0 Å². The predicted molar refractivity (Wildman–Crippen MR) is 180 cm³/mol. The van der Waals surface area contributed by atoms with Crippen molar-refractivity contribution in [2.75, 3.05) is 0 Å². The molecular weight excluding hydrogens is 630 g/mol. The normalized spacial score (nSPS) is 15.0. The van der Waals surface area contributed by atoms with E-state index < -0.39 is 11.2 Å². The van der Waals surface area contributed by atoms with Crippen LogP contribution in [0.5, 0.6) is 0 Å². The number of hydrogen-bond donors (Lipinski definition) is 2. The molecule has 0 atom stereocenters. The Morgan fingerprint density at radius 1 is 0.341 bits per heavy atom. The Bertz CT molecular complexity index is 1880. The number of aliphatic hydroxyl groups is 2. The van der Waals surface area contributed by atoms with Gasteiger partial charge in [0.05, 0.1) is 0 Å². The summed E-state index contributed by atoms with van der Waals surface area (Å²) in [4.78, 5) is 0. The van der Waals surface area contributed by atoms with Crippen molar-refractivity contribution in [3.63, 3.8) is 0 Å². The number of halogens is 4. The minimum Gasteiger partial charge on any atom is -0.376 e. The van der Waals surface area contributed by atoms with Crippen molar-refractivity contribution >= 4 is 46.4 Å². The highest BCUT2D eigenvalue weighted by Crippen LogP contribution is 2.54. The van der Waals surface area contributed by atoms with E-state index in [1.54, 1.807) is 0 Å². The highest BCUT2D eigenvalue weighted by atomic mass is 35.5. The van der Waals surface area contributed by atoms with Crippen LogP contribution in [-0.2, 0) is 11.2 Å². The van der Waals surface area contributed by atoms with Crippen molar-refractivity contribution in [1.29, 1.82) is 0 Å². The van der Waals surface area contributed by atoms with Gasteiger partial charge >= 0.3 is 0 Å². The second-order valence-electron chi connectivity index (χ2n) is 11.3. The molecule has 6 aromatic rings. The molecule has 2 nitrogen and oxygen atoms in total. The van der Waals surface area contributed by atoms with E-state index in [4.69, 9.17) is 46.4 Å². The second kappa shape index (κ2) is 9.95. The Morgan fingerprint density at radius 3 is 0.841 bits per heavy atom. The molecule has 0 radical (unpaired) electrons. The van der Waals surface area contributed by atoms with Gasteiger partial charge in [0.1, 0.15) is 11.2 Å². The highest BCUT2D eigenvalue weighted by molar-refractivity contribution is 6.32. The maximum Gasteiger partial charge on any atom is 0.141 e. The fourth-order valence-corrected chi connectivity index (χ4v) is 7.61. The third-order valence-corrected chi connectivity index (χ3v) is 9.95. The molecule has 0 fully saturated rings. The van der Waals surface area contributed by atoms with Gasteiger partial charge in [0.2, 0.25) is 0 Å². The molecule has 0 spiro atoms. The highest BCUT2D eigenvalue weighted by Gasteiger charge is 2.45. The van der Waals surface area contributed by atoms with E-state index in [0.717, 1.165) is 55.6 Å². The quantitative estimate of drug-likeness (QED) is 0.200. The molecule has 6 aromatic carbocycles. The molecule has 2 aliphatic carbocycles. The molecule has 2 aliphatic rings.